The van der Waals surface area contributed by atoms with Crippen LogP contribution in [0.3, 0.4) is 0 Å². The third-order valence-corrected chi connectivity index (χ3v) is 3.04. The predicted octanol–water partition coefficient (Wildman–Crippen LogP) is 1.10. The Bertz CT molecular complexity index is 184. The lowest BCUT2D eigenvalue weighted by Crippen LogP contribution is -2.44. The van der Waals surface area contributed by atoms with E-state index in [2.05, 4.69) is 0 Å². The van der Waals surface area contributed by atoms with Gasteiger partial charge in [0.05, 0.1) is 0 Å². The topological polar surface area (TPSA) is 40.5 Å². The van der Waals surface area contributed by atoms with Crippen molar-refractivity contribution >= 4 is 32.9 Å². The van der Waals surface area contributed by atoms with Crippen LogP contribution in [-0.4, -0.2) is 35.6 Å². The Kier molecular flexibility index (Phi) is 9.70. The summed E-state index contributed by atoms with van der Waals surface area (Å²) in [6, 6.07) is 0. The van der Waals surface area contributed by atoms with Crippen molar-refractivity contribution in [2.45, 2.75) is 26.7 Å². The van der Waals surface area contributed by atoms with Crippen molar-refractivity contribution in [1.82, 2.24) is 4.90 Å². The van der Waals surface area contributed by atoms with Crippen molar-refractivity contribution in [3.63, 3.8) is 0 Å². The standard InChI is InChI=1S/C10H19NO2.2H2S/c1-3-11(4-2)10(13)9-6-5-8(9)7-12;;/h8-9,12H,3-7H2,1-2H3;2*1H2/t8-,9+;;/m1../s1. The van der Waals surface area contributed by atoms with Gasteiger partial charge in [0.15, 0.2) is 0 Å². The number of carbonyl (C=O) groups excluding carboxylic acids is 1. The van der Waals surface area contributed by atoms with Crippen LogP contribution < -0.4 is 0 Å². The molecule has 1 rings (SSSR count). The summed E-state index contributed by atoms with van der Waals surface area (Å²) in [6.45, 7) is 5.72. The molecule has 0 aliphatic heterocycles. The SMILES string of the molecule is CCN(CC)C(=O)[C@H]1CC[C@@H]1CO.S.S. The van der Waals surface area contributed by atoms with E-state index in [1.54, 1.807) is 0 Å². The summed E-state index contributed by atoms with van der Waals surface area (Å²) in [5.41, 5.74) is 0. The molecule has 0 unspecified atom stereocenters. The summed E-state index contributed by atoms with van der Waals surface area (Å²) in [5, 5.41) is 8.96. The van der Waals surface area contributed by atoms with Gasteiger partial charge in [-0.05, 0) is 32.6 Å². The van der Waals surface area contributed by atoms with Crippen molar-refractivity contribution < 1.29 is 9.90 Å². The molecular formula is C10H23NO2S2. The Labute approximate surface area is 106 Å². The summed E-state index contributed by atoms with van der Waals surface area (Å²) < 4.78 is 0. The van der Waals surface area contributed by atoms with Gasteiger partial charge < -0.3 is 10.0 Å². The van der Waals surface area contributed by atoms with Crippen LogP contribution in [0.1, 0.15) is 26.7 Å². The maximum absolute atomic E-state index is 11.8. The molecule has 0 aromatic rings. The zero-order valence-electron chi connectivity index (χ0n) is 9.49. The smallest absolute Gasteiger partial charge is 0.226 e. The molecule has 1 N–H and O–H groups in total. The predicted molar refractivity (Wildman–Crippen MR) is 72.0 cm³/mol. The highest BCUT2D eigenvalue weighted by Gasteiger charge is 2.37. The molecule has 0 radical (unpaired) electrons. The monoisotopic (exact) mass is 253 g/mol. The van der Waals surface area contributed by atoms with Gasteiger partial charge in [-0.3, -0.25) is 4.79 Å². The molecule has 5 heteroatoms. The number of nitrogens with zero attached hydrogens (tertiary/aromatic N) is 1. The maximum Gasteiger partial charge on any atom is 0.226 e. The second kappa shape index (κ2) is 8.30. The average molecular weight is 253 g/mol. The third-order valence-electron chi connectivity index (χ3n) is 3.04. The molecule has 0 bridgehead atoms. The first-order valence-electron chi connectivity index (χ1n) is 5.14. The number of hydrogen-bond acceptors (Lipinski definition) is 2. The van der Waals surface area contributed by atoms with Crippen LogP contribution in [0.4, 0.5) is 0 Å². The minimum absolute atomic E-state index is 0. The summed E-state index contributed by atoms with van der Waals surface area (Å²) in [4.78, 5) is 13.6. The summed E-state index contributed by atoms with van der Waals surface area (Å²) in [7, 11) is 0. The molecule has 3 nitrogen and oxygen atoms in total. The van der Waals surface area contributed by atoms with E-state index in [0.717, 1.165) is 25.9 Å². The molecule has 2 atom stereocenters. The first-order chi connectivity index (χ1) is 6.24. The molecule has 15 heavy (non-hydrogen) atoms. The Morgan fingerprint density at radius 1 is 1.27 bits per heavy atom. The van der Waals surface area contributed by atoms with Crippen LogP contribution in [0.25, 0.3) is 0 Å². The van der Waals surface area contributed by atoms with Crippen molar-refractivity contribution in [2.75, 3.05) is 19.7 Å². The average Bonchev–Trinajstić information content (AvgIpc) is 2.05. The zero-order valence-corrected chi connectivity index (χ0v) is 11.5. The van der Waals surface area contributed by atoms with Gasteiger partial charge in [-0.25, -0.2) is 0 Å². The Hall–Kier alpha value is 0.130. The number of amides is 1. The molecule has 1 fully saturated rings. The lowest BCUT2D eigenvalue weighted by atomic mass is 9.73. The van der Waals surface area contributed by atoms with E-state index >= 15 is 0 Å². The number of aliphatic hydroxyl groups is 1. The fraction of sp³-hybridized carbons (Fsp3) is 0.900. The number of carbonyl (C=O) groups is 1. The number of aliphatic hydroxyl groups excluding tert-OH is 1. The largest absolute Gasteiger partial charge is 0.396 e. The molecule has 0 saturated heterocycles. The fourth-order valence-electron chi connectivity index (χ4n) is 1.88. The highest BCUT2D eigenvalue weighted by molar-refractivity contribution is 7.59. The van der Waals surface area contributed by atoms with Gasteiger partial charge in [-0.2, -0.15) is 27.0 Å². The van der Waals surface area contributed by atoms with E-state index in [4.69, 9.17) is 5.11 Å². The van der Waals surface area contributed by atoms with Crippen LogP contribution in [0.15, 0.2) is 0 Å². The van der Waals surface area contributed by atoms with E-state index < -0.39 is 0 Å². The molecule has 1 amide bonds. The molecule has 92 valence electrons. The lowest BCUT2D eigenvalue weighted by Gasteiger charge is -2.37. The van der Waals surface area contributed by atoms with Crippen LogP contribution >= 0.6 is 27.0 Å². The first-order valence-corrected chi connectivity index (χ1v) is 5.14. The first kappa shape index (κ1) is 17.5. The summed E-state index contributed by atoms with van der Waals surface area (Å²) in [5.74, 6) is 0.563. The molecule has 1 aliphatic carbocycles. The van der Waals surface area contributed by atoms with E-state index in [0.29, 0.717) is 0 Å². The van der Waals surface area contributed by atoms with Gasteiger partial charge in [0.1, 0.15) is 0 Å². The number of hydrogen-bond donors (Lipinski definition) is 1. The second-order valence-electron chi connectivity index (χ2n) is 3.64. The third kappa shape index (κ3) is 3.89. The van der Waals surface area contributed by atoms with Crippen molar-refractivity contribution in [3.8, 4) is 0 Å². The van der Waals surface area contributed by atoms with E-state index in [1.165, 1.54) is 0 Å². The van der Waals surface area contributed by atoms with E-state index in [-0.39, 0.29) is 51.3 Å². The Morgan fingerprint density at radius 3 is 2.07 bits per heavy atom. The highest BCUT2D eigenvalue weighted by Crippen LogP contribution is 2.35. The van der Waals surface area contributed by atoms with Crippen molar-refractivity contribution in [3.05, 3.63) is 0 Å². The van der Waals surface area contributed by atoms with E-state index in [9.17, 15) is 4.79 Å². The molecule has 1 saturated carbocycles. The van der Waals surface area contributed by atoms with Gasteiger partial charge >= 0.3 is 0 Å². The van der Waals surface area contributed by atoms with Gasteiger partial charge in [-0.1, -0.05) is 0 Å². The normalized spacial score (nSPS) is 23.1. The van der Waals surface area contributed by atoms with Crippen LogP contribution in [-0.2, 0) is 4.79 Å². The molecule has 0 spiro atoms. The summed E-state index contributed by atoms with van der Waals surface area (Å²) in [6.07, 6.45) is 1.97. The van der Waals surface area contributed by atoms with Crippen LogP contribution in [0.2, 0.25) is 0 Å². The van der Waals surface area contributed by atoms with Gasteiger partial charge in [-0.15, -0.1) is 0 Å². The molecular weight excluding hydrogens is 230 g/mol. The van der Waals surface area contributed by atoms with Crippen molar-refractivity contribution in [2.24, 2.45) is 11.8 Å². The molecule has 1 aliphatic rings. The summed E-state index contributed by atoms with van der Waals surface area (Å²) >= 11 is 0. The second-order valence-corrected chi connectivity index (χ2v) is 3.64. The molecule has 0 aromatic carbocycles. The van der Waals surface area contributed by atoms with Gasteiger partial charge in [0.25, 0.3) is 0 Å². The van der Waals surface area contributed by atoms with Crippen LogP contribution in [0.5, 0.6) is 0 Å². The van der Waals surface area contributed by atoms with Gasteiger partial charge in [0, 0.05) is 25.6 Å². The minimum Gasteiger partial charge on any atom is -0.396 e. The number of rotatable bonds is 4. The maximum atomic E-state index is 11.8. The van der Waals surface area contributed by atoms with E-state index in [1.807, 2.05) is 18.7 Å². The Morgan fingerprint density at radius 2 is 1.80 bits per heavy atom. The van der Waals surface area contributed by atoms with Crippen LogP contribution in [0, 0.1) is 11.8 Å². The molecule has 0 aromatic heterocycles. The van der Waals surface area contributed by atoms with Gasteiger partial charge in [0.2, 0.25) is 5.91 Å². The lowest BCUT2D eigenvalue weighted by molar-refractivity contribution is -0.142. The highest BCUT2D eigenvalue weighted by atomic mass is 32.1. The zero-order chi connectivity index (χ0) is 9.84. The Balaban J connectivity index is 0. The minimum atomic E-state index is 0. The van der Waals surface area contributed by atoms with Crippen molar-refractivity contribution in [1.29, 1.82) is 0 Å². The molecule has 0 heterocycles. The fourth-order valence-corrected chi connectivity index (χ4v) is 1.88. The quantitative estimate of drug-likeness (QED) is 0.815.